The van der Waals surface area contributed by atoms with Crippen molar-refractivity contribution in [3.8, 4) is 0 Å². The summed E-state index contributed by atoms with van der Waals surface area (Å²) in [6.07, 6.45) is 4.88. The Morgan fingerprint density at radius 1 is 1.50 bits per heavy atom. The van der Waals surface area contributed by atoms with E-state index in [1.165, 1.54) is 0 Å². The molecule has 0 radical (unpaired) electrons. The molecule has 0 saturated carbocycles. The molecule has 0 aliphatic rings. The van der Waals surface area contributed by atoms with E-state index in [2.05, 4.69) is 16.5 Å². The highest BCUT2D eigenvalue weighted by Crippen LogP contribution is 1.96. The van der Waals surface area contributed by atoms with Crippen LogP contribution in [0.3, 0.4) is 0 Å². The topological polar surface area (TPSA) is 43.8 Å². The monoisotopic (exact) mass is 211 g/mol. The average molecular weight is 212 g/mol. The predicted molar refractivity (Wildman–Crippen MR) is 54.9 cm³/mol. The molecule has 1 aromatic rings. The fourth-order valence-electron chi connectivity index (χ4n) is 0.974. The number of nitrogens with zero attached hydrogens (tertiary/aromatic N) is 2. The quantitative estimate of drug-likeness (QED) is 0.826. The average Bonchev–Trinajstić information content (AvgIpc) is 2.36. The van der Waals surface area contributed by atoms with Crippen LogP contribution in [0.4, 0.5) is 0 Å². The molecule has 0 aromatic carbocycles. The van der Waals surface area contributed by atoms with Gasteiger partial charge in [-0.1, -0.05) is 6.92 Å². The van der Waals surface area contributed by atoms with Gasteiger partial charge in [-0.05, 0) is 6.42 Å². The van der Waals surface area contributed by atoms with Crippen molar-refractivity contribution in [2.24, 2.45) is 5.73 Å². The molecule has 72 valence electrons. The Morgan fingerprint density at radius 3 is 2.67 bits per heavy atom. The van der Waals surface area contributed by atoms with Crippen LogP contribution < -0.4 is 5.73 Å². The zero-order valence-corrected chi connectivity index (χ0v) is 8.70. The summed E-state index contributed by atoms with van der Waals surface area (Å²) in [6, 6.07) is 0. The summed E-state index contributed by atoms with van der Waals surface area (Å²) < 4.78 is 2.08. The maximum atomic E-state index is 5.44. The largest absolute Gasteiger partial charge is 0.334 e. The minimum absolute atomic E-state index is 0. The van der Waals surface area contributed by atoms with E-state index in [0.29, 0.717) is 6.54 Å². The molecule has 0 saturated heterocycles. The number of nitrogens with two attached hydrogens (primary N) is 1. The van der Waals surface area contributed by atoms with Gasteiger partial charge in [0.05, 0.1) is 6.54 Å². The first-order chi connectivity index (χ1) is 4.88. The van der Waals surface area contributed by atoms with Gasteiger partial charge < -0.3 is 10.3 Å². The summed E-state index contributed by atoms with van der Waals surface area (Å²) in [5.41, 5.74) is 5.44. The van der Waals surface area contributed by atoms with Crippen LogP contribution in [0.2, 0.25) is 0 Å². The van der Waals surface area contributed by atoms with Gasteiger partial charge in [-0.15, -0.1) is 24.8 Å². The predicted octanol–water partition coefficient (Wildman–Crippen LogP) is 1.60. The van der Waals surface area contributed by atoms with Crippen LogP contribution in [0, 0.1) is 0 Å². The third-order valence-corrected chi connectivity index (χ3v) is 1.45. The van der Waals surface area contributed by atoms with Crippen LogP contribution in [0.1, 0.15) is 19.2 Å². The summed E-state index contributed by atoms with van der Waals surface area (Å²) in [4.78, 5) is 4.09. The summed E-state index contributed by atoms with van der Waals surface area (Å²) in [7, 11) is 0. The zero-order valence-electron chi connectivity index (χ0n) is 7.06. The lowest BCUT2D eigenvalue weighted by molar-refractivity contribution is 0.638. The normalized spacial score (nSPS) is 8.50. The Labute approximate surface area is 85.2 Å². The molecule has 1 rings (SSSR count). The van der Waals surface area contributed by atoms with Gasteiger partial charge in [-0.2, -0.15) is 0 Å². The summed E-state index contributed by atoms with van der Waals surface area (Å²) in [6.45, 7) is 3.69. The number of hydrogen-bond acceptors (Lipinski definition) is 2. The van der Waals surface area contributed by atoms with Crippen LogP contribution >= 0.6 is 24.8 Å². The second-order valence-electron chi connectivity index (χ2n) is 2.24. The summed E-state index contributed by atoms with van der Waals surface area (Å²) in [5.74, 6) is 0.974. The van der Waals surface area contributed by atoms with Gasteiger partial charge in [0, 0.05) is 18.9 Å². The van der Waals surface area contributed by atoms with E-state index < -0.39 is 0 Å². The summed E-state index contributed by atoms with van der Waals surface area (Å²) in [5, 5.41) is 0. The van der Waals surface area contributed by atoms with Gasteiger partial charge in [-0.3, -0.25) is 0 Å². The van der Waals surface area contributed by atoms with Crippen molar-refractivity contribution in [3.05, 3.63) is 18.2 Å². The standard InChI is InChI=1S/C7H13N3.2ClH/c1-2-4-10-5-3-9-7(10)6-8;;/h3,5H,2,4,6,8H2,1H3;2*1H. The highest BCUT2D eigenvalue weighted by atomic mass is 35.5. The van der Waals surface area contributed by atoms with Crippen molar-refractivity contribution in [1.82, 2.24) is 9.55 Å². The Morgan fingerprint density at radius 2 is 2.17 bits per heavy atom. The Kier molecular flexibility index (Phi) is 8.81. The Balaban J connectivity index is 0. The molecule has 0 amide bonds. The molecule has 0 bridgehead atoms. The molecule has 0 spiro atoms. The lowest BCUT2D eigenvalue weighted by Crippen LogP contribution is -2.07. The number of rotatable bonds is 3. The molecule has 3 nitrogen and oxygen atoms in total. The van der Waals surface area contributed by atoms with Crippen molar-refractivity contribution in [2.45, 2.75) is 26.4 Å². The molecule has 2 N–H and O–H groups in total. The SMILES string of the molecule is CCCn1ccnc1CN.Cl.Cl. The van der Waals surface area contributed by atoms with Crippen molar-refractivity contribution in [3.63, 3.8) is 0 Å². The molecule has 0 aliphatic heterocycles. The minimum atomic E-state index is 0. The van der Waals surface area contributed by atoms with Gasteiger partial charge >= 0.3 is 0 Å². The molecular weight excluding hydrogens is 197 g/mol. The lowest BCUT2D eigenvalue weighted by Gasteiger charge is -2.01. The Hall–Kier alpha value is -0.250. The van der Waals surface area contributed by atoms with Crippen molar-refractivity contribution >= 4 is 24.8 Å². The molecule has 0 atom stereocenters. The second-order valence-corrected chi connectivity index (χ2v) is 2.24. The molecule has 1 aromatic heterocycles. The van der Waals surface area contributed by atoms with E-state index in [-0.39, 0.29) is 24.8 Å². The zero-order chi connectivity index (χ0) is 7.40. The highest BCUT2D eigenvalue weighted by molar-refractivity contribution is 5.85. The van der Waals surface area contributed by atoms with E-state index in [4.69, 9.17) is 5.73 Å². The molecule has 5 heteroatoms. The van der Waals surface area contributed by atoms with Crippen LogP contribution in [0.25, 0.3) is 0 Å². The van der Waals surface area contributed by atoms with Crippen molar-refractivity contribution < 1.29 is 0 Å². The molecule has 0 unspecified atom stereocenters. The van der Waals surface area contributed by atoms with Gasteiger partial charge in [0.25, 0.3) is 0 Å². The maximum Gasteiger partial charge on any atom is 0.122 e. The minimum Gasteiger partial charge on any atom is -0.334 e. The van der Waals surface area contributed by atoms with E-state index in [0.717, 1.165) is 18.8 Å². The first-order valence-corrected chi connectivity index (χ1v) is 3.58. The smallest absolute Gasteiger partial charge is 0.122 e. The second kappa shape index (κ2) is 7.40. The van der Waals surface area contributed by atoms with E-state index in [1.54, 1.807) is 6.20 Å². The van der Waals surface area contributed by atoms with Gasteiger partial charge in [0.15, 0.2) is 0 Å². The lowest BCUT2D eigenvalue weighted by atomic mass is 10.4. The third-order valence-electron chi connectivity index (χ3n) is 1.45. The number of imidazole rings is 1. The van der Waals surface area contributed by atoms with Gasteiger partial charge in [-0.25, -0.2) is 4.98 Å². The first kappa shape index (κ1) is 14.3. The summed E-state index contributed by atoms with van der Waals surface area (Å²) >= 11 is 0. The van der Waals surface area contributed by atoms with Crippen LogP contribution in [-0.2, 0) is 13.1 Å². The Bertz CT molecular complexity index is 200. The maximum absolute atomic E-state index is 5.44. The molecule has 1 heterocycles. The molecular formula is C7H15Cl2N3. The van der Waals surface area contributed by atoms with Crippen LogP contribution in [0.5, 0.6) is 0 Å². The van der Waals surface area contributed by atoms with Gasteiger partial charge in [0.1, 0.15) is 5.82 Å². The van der Waals surface area contributed by atoms with Crippen molar-refractivity contribution in [2.75, 3.05) is 0 Å². The molecule has 0 fully saturated rings. The van der Waals surface area contributed by atoms with Crippen LogP contribution in [0.15, 0.2) is 12.4 Å². The first-order valence-electron chi connectivity index (χ1n) is 3.58. The van der Waals surface area contributed by atoms with E-state index in [9.17, 15) is 0 Å². The fourth-order valence-corrected chi connectivity index (χ4v) is 0.974. The van der Waals surface area contributed by atoms with Crippen molar-refractivity contribution in [1.29, 1.82) is 0 Å². The van der Waals surface area contributed by atoms with E-state index >= 15 is 0 Å². The number of aromatic nitrogens is 2. The third kappa shape index (κ3) is 3.43. The molecule has 0 aliphatic carbocycles. The van der Waals surface area contributed by atoms with E-state index in [1.807, 2.05) is 6.20 Å². The fraction of sp³-hybridized carbons (Fsp3) is 0.571. The van der Waals surface area contributed by atoms with Gasteiger partial charge in [0.2, 0.25) is 0 Å². The number of aryl methyl sites for hydroxylation is 1. The molecule has 12 heavy (non-hydrogen) atoms. The number of halogens is 2. The van der Waals surface area contributed by atoms with Crippen LogP contribution in [-0.4, -0.2) is 9.55 Å². The number of hydrogen-bond donors (Lipinski definition) is 1. The highest BCUT2D eigenvalue weighted by Gasteiger charge is 1.96.